The molecule has 0 aliphatic carbocycles. The number of benzene rings is 2. The molecular formula is C25H24N4O3S2. The molecule has 174 valence electrons. The molecule has 0 saturated carbocycles. The number of amides is 1. The molecule has 1 amide bonds. The van der Waals surface area contributed by atoms with Crippen molar-refractivity contribution in [3.63, 3.8) is 0 Å². The van der Waals surface area contributed by atoms with Gasteiger partial charge in [0.05, 0.1) is 15.5 Å². The number of anilines is 1. The fraction of sp³-hybridized carbons (Fsp3) is 0.120. The van der Waals surface area contributed by atoms with Crippen LogP contribution in [0.1, 0.15) is 11.1 Å². The van der Waals surface area contributed by atoms with Crippen molar-refractivity contribution in [1.29, 1.82) is 0 Å². The van der Waals surface area contributed by atoms with Crippen molar-refractivity contribution in [2.24, 2.45) is 0 Å². The number of aryl methyl sites for hydroxylation is 1. The van der Waals surface area contributed by atoms with Gasteiger partial charge in [-0.05, 0) is 54.3 Å². The maximum absolute atomic E-state index is 12.7. The minimum absolute atomic E-state index is 0.156. The van der Waals surface area contributed by atoms with E-state index in [1.165, 1.54) is 26.2 Å². The van der Waals surface area contributed by atoms with Gasteiger partial charge in [0.2, 0.25) is 15.9 Å². The highest BCUT2D eigenvalue weighted by Gasteiger charge is 2.20. The van der Waals surface area contributed by atoms with E-state index >= 15 is 0 Å². The van der Waals surface area contributed by atoms with Gasteiger partial charge >= 0.3 is 0 Å². The zero-order chi connectivity index (χ0) is 24.3. The van der Waals surface area contributed by atoms with Gasteiger partial charge in [-0.15, -0.1) is 11.3 Å². The Kier molecular flexibility index (Phi) is 6.78. The number of carbonyl (C=O) groups is 1. The van der Waals surface area contributed by atoms with Gasteiger partial charge in [-0.1, -0.05) is 30.3 Å². The van der Waals surface area contributed by atoms with Crippen LogP contribution in [0.2, 0.25) is 0 Å². The lowest BCUT2D eigenvalue weighted by atomic mass is 10.2. The highest BCUT2D eigenvalue weighted by molar-refractivity contribution is 7.89. The van der Waals surface area contributed by atoms with Gasteiger partial charge in [0.25, 0.3) is 0 Å². The van der Waals surface area contributed by atoms with Crippen LogP contribution >= 0.6 is 11.3 Å². The summed E-state index contributed by atoms with van der Waals surface area (Å²) < 4.78 is 28.1. The highest BCUT2D eigenvalue weighted by atomic mass is 32.2. The number of nitrogens with one attached hydrogen (secondary N) is 1. The van der Waals surface area contributed by atoms with Gasteiger partial charge in [-0.2, -0.15) is 5.10 Å². The fourth-order valence-electron chi connectivity index (χ4n) is 3.33. The number of para-hydroxylation sites is 1. The van der Waals surface area contributed by atoms with Crippen LogP contribution < -0.4 is 5.32 Å². The Balaban J connectivity index is 1.60. The number of aromatic nitrogens is 2. The standard InChI is InChI=1S/C25H24N4O3S2/c1-18-11-13-20(16-23(18)34(31,32)28(2)3)26-24(30)14-12-19-17-29(21-8-5-4-6-9-21)27-25(19)22-10-7-15-33-22/h4-17H,1-3H3,(H,26,30)/b14-12+. The summed E-state index contributed by atoms with van der Waals surface area (Å²) in [6.45, 7) is 1.72. The first kappa shape index (κ1) is 23.6. The number of sulfonamides is 1. The maximum atomic E-state index is 12.7. The topological polar surface area (TPSA) is 84.3 Å². The molecule has 2 aromatic heterocycles. The number of rotatable bonds is 7. The highest BCUT2D eigenvalue weighted by Crippen LogP contribution is 2.29. The number of nitrogens with zero attached hydrogens (tertiary/aromatic N) is 3. The summed E-state index contributed by atoms with van der Waals surface area (Å²) in [4.78, 5) is 13.8. The van der Waals surface area contributed by atoms with Gasteiger partial charge in [-0.3, -0.25) is 4.79 Å². The van der Waals surface area contributed by atoms with E-state index in [0.29, 0.717) is 11.3 Å². The quantitative estimate of drug-likeness (QED) is 0.375. The Bertz CT molecular complexity index is 1440. The van der Waals surface area contributed by atoms with E-state index in [9.17, 15) is 13.2 Å². The summed E-state index contributed by atoms with van der Waals surface area (Å²) in [5.74, 6) is -0.373. The lowest BCUT2D eigenvalue weighted by Gasteiger charge is -2.14. The van der Waals surface area contributed by atoms with Crippen LogP contribution in [0.15, 0.2) is 83.2 Å². The average Bonchev–Trinajstić information content (AvgIpc) is 3.49. The second-order valence-corrected chi connectivity index (χ2v) is 10.8. The molecule has 7 nitrogen and oxygen atoms in total. The summed E-state index contributed by atoms with van der Waals surface area (Å²) in [6.07, 6.45) is 5.01. The van der Waals surface area contributed by atoms with Gasteiger partial charge in [-0.25, -0.2) is 17.4 Å². The molecule has 2 aromatic carbocycles. The van der Waals surface area contributed by atoms with Crippen LogP contribution in [0.25, 0.3) is 22.3 Å². The van der Waals surface area contributed by atoms with Gasteiger partial charge in [0.1, 0.15) is 5.69 Å². The van der Waals surface area contributed by atoms with Crippen molar-refractivity contribution in [3.05, 3.63) is 89.4 Å². The molecule has 9 heteroatoms. The summed E-state index contributed by atoms with van der Waals surface area (Å²) in [6, 6.07) is 18.5. The third-order valence-electron chi connectivity index (χ3n) is 5.15. The molecule has 1 N–H and O–H groups in total. The summed E-state index contributed by atoms with van der Waals surface area (Å²) in [7, 11) is -0.670. The Morgan fingerprint density at radius 1 is 1.09 bits per heavy atom. The van der Waals surface area contributed by atoms with E-state index in [1.807, 2.05) is 54.0 Å². The first-order chi connectivity index (χ1) is 16.3. The Labute approximate surface area is 203 Å². The van der Waals surface area contributed by atoms with Crippen LogP contribution in [-0.2, 0) is 14.8 Å². The van der Waals surface area contributed by atoms with Gasteiger partial charge in [0, 0.05) is 37.6 Å². The SMILES string of the molecule is Cc1ccc(NC(=O)/C=C/c2cn(-c3ccccc3)nc2-c2cccs2)cc1S(=O)(=O)N(C)C. The number of thiophene rings is 1. The molecule has 0 spiro atoms. The Hall–Kier alpha value is -3.53. The van der Waals surface area contributed by atoms with Crippen LogP contribution in [0, 0.1) is 6.92 Å². The molecule has 2 heterocycles. The molecule has 0 bridgehead atoms. The minimum atomic E-state index is -3.62. The minimum Gasteiger partial charge on any atom is -0.322 e. The predicted molar refractivity (Wildman–Crippen MR) is 137 cm³/mol. The molecule has 0 aliphatic heterocycles. The Morgan fingerprint density at radius 3 is 2.53 bits per heavy atom. The van der Waals surface area contributed by atoms with Crippen molar-refractivity contribution in [1.82, 2.24) is 14.1 Å². The molecular weight excluding hydrogens is 468 g/mol. The van der Waals surface area contributed by atoms with Crippen molar-refractivity contribution in [2.45, 2.75) is 11.8 Å². The molecule has 0 saturated heterocycles. The summed E-state index contributed by atoms with van der Waals surface area (Å²) >= 11 is 1.57. The summed E-state index contributed by atoms with van der Waals surface area (Å²) in [5.41, 5.74) is 3.49. The first-order valence-electron chi connectivity index (χ1n) is 10.5. The largest absolute Gasteiger partial charge is 0.322 e. The monoisotopic (exact) mass is 492 g/mol. The molecule has 34 heavy (non-hydrogen) atoms. The van der Waals surface area contributed by atoms with Crippen LogP contribution in [-0.4, -0.2) is 42.5 Å². The number of hydrogen-bond donors (Lipinski definition) is 1. The molecule has 0 radical (unpaired) electrons. The van der Waals surface area contributed by atoms with Crippen LogP contribution in [0.4, 0.5) is 5.69 Å². The molecule has 0 atom stereocenters. The van der Waals surface area contributed by atoms with E-state index in [4.69, 9.17) is 5.10 Å². The van der Waals surface area contributed by atoms with E-state index in [2.05, 4.69) is 5.32 Å². The first-order valence-corrected chi connectivity index (χ1v) is 12.8. The molecule has 4 rings (SSSR count). The average molecular weight is 493 g/mol. The van der Waals surface area contributed by atoms with Crippen molar-refractivity contribution >= 4 is 39.0 Å². The van der Waals surface area contributed by atoms with Crippen LogP contribution in [0.3, 0.4) is 0 Å². The normalized spacial score (nSPS) is 11.9. The number of hydrogen-bond acceptors (Lipinski definition) is 5. The second kappa shape index (κ2) is 9.76. The third kappa shape index (κ3) is 5.01. The van der Waals surface area contributed by atoms with E-state index in [-0.39, 0.29) is 10.8 Å². The zero-order valence-corrected chi connectivity index (χ0v) is 20.6. The fourth-order valence-corrected chi connectivity index (χ4v) is 5.20. The number of carbonyl (C=O) groups excluding carboxylic acids is 1. The molecule has 0 fully saturated rings. The Morgan fingerprint density at radius 2 is 1.85 bits per heavy atom. The van der Waals surface area contributed by atoms with E-state index in [0.717, 1.165) is 26.1 Å². The van der Waals surface area contributed by atoms with Crippen LogP contribution in [0.5, 0.6) is 0 Å². The van der Waals surface area contributed by atoms with E-state index < -0.39 is 10.0 Å². The summed E-state index contributed by atoms with van der Waals surface area (Å²) in [5, 5.41) is 9.45. The van der Waals surface area contributed by atoms with Gasteiger partial charge in [0.15, 0.2) is 0 Å². The lowest BCUT2D eigenvalue weighted by Crippen LogP contribution is -2.23. The smallest absolute Gasteiger partial charge is 0.248 e. The van der Waals surface area contributed by atoms with Gasteiger partial charge < -0.3 is 5.32 Å². The van der Waals surface area contributed by atoms with Crippen molar-refractivity contribution < 1.29 is 13.2 Å². The maximum Gasteiger partial charge on any atom is 0.248 e. The second-order valence-electron chi connectivity index (χ2n) is 7.78. The van der Waals surface area contributed by atoms with Crippen molar-refractivity contribution in [3.8, 4) is 16.3 Å². The van der Waals surface area contributed by atoms with E-state index in [1.54, 1.807) is 41.2 Å². The van der Waals surface area contributed by atoms with Crippen molar-refractivity contribution in [2.75, 3.05) is 19.4 Å². The molecule has 0 unspecified atom stereocenters. The molecule has 4 aromatic rings. The molecule has 0 aliphatic rings. The zero-order valence-electron chi connectivity index (χ0n) is 19.0. The third-order valence-corrected chi connectivity index (χ3v) is 7.98. The lowest BCUT2D eigenvalue weighted by molar-refractivity contribution is -0.111. The predicted octanol–water partition coefficient (Wildman–Crippen LogP) is 4.81.